The summed E-state index contributed by atoms with van der Waals surface area (Å²) in [7, 11) is 0. The molecule has 2 saturated carbocycles. The van der Waals surface area contributed by atoms with Gasteiger partial charge in [-0.15, -0.1) is 0 Å². The number of rotatable bonds is 3. The summed E-state index contributed by atoms with van der Waals surface area (Å²) in [6.45, 7) is 3.62. The van der Waals surface area contributed by atoms with Gasteiger partial charge in [0.25, 0.3) is 0 Å². The molecule has 2 N–H and O–H groups in total. The predicted molar refractivity (Wildman–Crippen MR) is 67.3 cm³/mol. The SMILES string of the molecule is NCC(C1CCCC1)N1CC2(CCCC2)C1. The van der Waals surface area contributed by atoms with Crippen LogP contribution in [0.25, 0.3) is 0 Å². The summed E-state index contributed by atoms with van der Waals surface area (Å²) in [6, 6.07) is 0.716. The van der Waals surface area contributed by atoms with Crippen LogP contribution < -0.4 is 5.73 Å². The van der Waals surface area contributed by atoms with Gasteiger partial charge in [0.2, 0.25) is 0 Å². The van der Waals surface area contributed by atoms with Gasteiger partial charge in [-0.3, -0.25) is 4.90 Å². The van der Waals surface area contributed by atoms with E-state index in [4.69, 9.17) is 5.73 Å². The smallest absolute Gasteiger partial charge is 0.0247 e. The van der Waals surface area contributed by atoms with E-state index < -0.39 is 0 Å². The van der Waals surface area contributed by atoms with E-state index in [0.717, 1.165) is 17.9 Å². The lowest BCUT2D eigenvalue weighted by Gasteiger charge is -2.53. The fourth-order valence-electron chi connectivity index (χ4n) is 4.47. The molecule has 16 heavy (non-hydrogen) atoms. The summed E-state index contributed by atoms with van der Waals surface area (Å²) in [5, 5.41) is 0. The summed E-state index contributed by atoms with van der Waals surface area (Å²) in [4.78, 5) is 2.71. The number of likely N-dealkylation sites (tertiary alicyclic amines) is 1. The highest BCUT2D eigenvalue weighted by molar-refractivity contribution is 5.01. The van der Waals surface area contributed by atoms with Crippen molar-refractivity contribution in [3.8, 4) is 0 Å². The van der Waals surface area contributed by atoms with Crippen molar-refractivity contribution in [1.29, 1.82) is 0 Å². The normalized spacial score (nSPS) is 32.1. The minimum Gasteiger partial charge on any atom is -0.329 e. The molecule has 1 spiro atoms. The molecule has 0 aromatic rings. The minimum atomic E-state index is 0.716. The van der Waals surface area contributed by atoms with Gasteiger partial charge in [-0.25, -0.2) is 0 Å². The fraction of sp³-hybridized carbons (Fsp3) is 1.00. The van der Waals surface area contributed by atoms with Crippen molar-refractivity contribution in [2.75, 3.05) is 19.6 Å². The lowest BCUT2D eigenvalue weighted by Crippen LogP contribution is -2.61. The van der Waals surface area contributed by atoms with E-state index in [1.54, 1.807) is 0 Å². The maximum atomic E-state index is 6.01. The molecule has 3 aliphatic rings. The number of hydrogen-bond acceptors (Lipinski definition) is 2. The van der Waals surface area contributed by atoms with Crippen molar-refractivity contribution >= 4 is 0 Å². The van der Waals surface area contributed by atoms with Crippen LogP contribution in [0.2, 0.25) is 0 Å². The van der Waals surface area contributed by atoms with Gasteiger partial charge in [-0.05, 0) is 37.0 Å². The second-order valence-corrected chi connectivity index (χ2v) is 6.46. The third-order valence-electron chi connectivity index (χ3n) is 5.40. The Morgan fingerprint density at radius 2 is 1.69 bits per heavy atom. The standard InChI is InChI=1S/C14H26N2/c15-9-13(12-5-1-2-6-12)16-10-14(11-16)7-3-4-8-14/h12-13H,1-11,15H2. The van der Waals surface area contributed by atoms with E-state index >= 15 is 0 Å². The van der Waals surface area contributed by atoms with Crippen molar-refractivity contribution in [2.45, 2.75) is 57.4 Å². The van der Waals surface area contributed by atoms with Crippen LogP contribution in [-0.2, 0) is 0 Å². The molecule has 1 atom stereocenters. The molecule has 0 amide bonds. The molecule has 1 saturated heterocycles. The highest BCUT2D eigenvalue weighted by atomic mass is 15.2. The van der Waals surface area contributed by atoms with Gasteiger partial charge >= 0.3 is 0 Å². The quantitative estimate of drug-likeness (QED) is 0.794. The van der Waals surface area contributed by atoms with Crippen LogP contribution in [0.1, 0.15) is 51.4 Å². The molecular weight excluding hydrogens is 196 g/mol. The van der Waals surface area contributed by atoms with Gasteiger partial charge in [0.15, 0.2) is 0 Å². The van der Waals surface area contributed by atoms with Gasteiger partial charge < -0.3 is 5.73 Å². The molecule has 0 aromatic carbocycles. The highest BCUT2D eigenvalue weighted by Crippen LogP contribution is 2.47. The number of hydrogen-bond donors (Lipinski definition) is 1. The molecule has 2 heteroatoms. The molecule has 1 aliphatic heterocycles. The molecule has 1 unspecified atom stereocenters. The van der Waals surface area contributed by atoms with Crippen LogP contribution in [0.4, 0.5) is 0 Å². The third kappa shape index (κ3) is 1.80. The first-order valence-corrected chi connectivity index (χ1v) is 7.27. The molecule has 2 nitrogen and oxygen atoms in total. The molecule has 1 heterocycles. The lowest BCUT2D eigenvalue weighted by molar-refractivity contribution is -0.0407. The van der Waals surface area contributed by atoms with Gasteiger partial charge in [0.05, 0.1) is 0 Å². The zero-order valence-electron chi connectivity index (χ0n) is 10.5. The first-order valence-electron chi connectivity index (χ1n) is 7.27. The fourth-order valence-corrected chi connectivity index (χ4v) is 4.47. The Balaban J connectivity index is 1.56. The summed E-state index contributed by atoms with van der Waals surface area (Å²) in [6.07, 6.45) is 11.7. The van der Waals surface area contributed by atoms with Gasteiger partial charge in [0, 0.05) is 25.7 Å². The molecule has 92 valence electrons. The minimum absolute atomic E-state index is 0.716. The first kappa shape index (κ1) is 11.0. The second-order valence-electron chi connectivity index (χ2n) is 6.46. The molecule has 3 rings (SSSR count). The number of nitrogens with zero attached hydrogens (tertiary/aromatic N) is 1. The molecule has 2 aliphatic carbocycles. The van der Waals surface area contributed by atoms with Crippen molar-refractivity contribution < 1.29 is 0 Å². The van der Waals surface area contributed by atoms with Crippen LogP contribution in [-0.4, -0.2) is 30.6 Å². The maximum absolute atomic E-state index is 6.01. The monoisotopic (exact) mass is 222 g/mol. The molecule has 3 fully saturated rings. The predicted octanol–water partition coefficient (Wildman–Crippen LogP) is 2.38. The van der Waals surface area contributed by atoms with E-state index in [2.05, 4.69) is 4.90 Å². The van der Waals surface area contributed by atoms with E-state index in [9.17, 15) is 0 Å². The largest absolute Gasteiger partial charge is 0.329 e. The average Bonchev–Trinajstić information content (AvgIpc) is 2.86. The Bertz CT molecular complexity index is 231. The van der Waals surface area contributed by atoms with Crippen LogP contribution in [0.15, 0.2) is 0 Å². The second kappa shape index (κ2) is 4.30. The molecule has 0 bridgehead atoms. The summed E-state index contributed by atoms with van der Waals surface area (Å²) >= 11 is 0. The zero-order chi connectivity index (χ0) is 11.0. The zero-order valence-corrected chi connectivity index (χ0v) is 10.5. The van der Waals surface area contributed by atoms with Gasteiger partial charge in [-0.2, -0.15) is 0 Å². The van der Waals surface area contributed by atoms with E-state index in [-0.39, 0.29) is 0 Å². The molecule has 0 radical (unpaired) electrons. The van der Waals surface area contributed by atoms with Crippen molar-refractivity contribution in [1.82, 2.24) is 4.90 Å². The summed E-state index contributed by atoms with van der Waals surface area (Å²) < 4.78 is 0. The van der Waals surface area contributed by atoms with Crippen molar-refractivity contribution in [3.05, 3.63) is 0 Å². The lowest BCUT2D eigenvalue weighted by atomic mass is 9.76. The van der Waals surface area contributed by atoms with Gasteiger partial charge in [0.1, 0.15) is 0 Å². The van der Waals surface area contributed by atoms with Gasteiger partial charge in [-0.1, -0.05) is 25.7 Å². The Labute approximate surface area is 99.6 Å². The van der Waals surface area contributed by atoms with E-state index in [0.29, 0.717) is 6.04 Å². The Kier molecular flexibility index (Phi) is 2.97. The maximum Gasteiger partial charge on any atom is 0.0247 e. The Morgan fingerprint density at radius 1 is 1.06 bits per heavy atom. The average molecular weight is 222 g/mol. The van der Waals surface area contributed by atoms with E-state index in [1.165, 1.54) is 64.5 Å². The Morgan fingerprint density at radius 3 is 2.25 bits per heavy atom. The third-order valence-corrected chi connectivity index (χ3v) is 5.40. The summed E-state index contributed by atoms with van der Waals surface area (Å²) in [5.74, 6) is 0.920. The Hall–Kier alpha value is -0.0800. The summed E-state index contributed by atoms with van der Waals surface area (Å²) in [5.41, 5.74) is 6.75. The van der Waals surface area contributed by atoms with Crippen LogP contribution in [0.3, 0.4) is 0 Å². The highest BCUT2D eigenvalue weighted by Gasteiger charge is 2.47. The van der Waals surface area contributed by atoms with Crippen molar-refractivity contribution in [2.24, 2.45) is 17.1 Å². The van der Waals surface area contributed by atoms with E-state index in [1.807, 2.05) is 0 Å². The topological polar surface area (TPSA) is 29.3 Å². The molecule has 0 aromatic heterocycles. The van der Waals surface area contributed by atoms with Crippen molar-refractivity contribution in [3.63, 3.8) is 0 Å². The van der Waals surface area contributed by atoms with Crippen LogP contribution >= 0.6 is 0 Å². The molecular formula is C14H26N2. The first-order chi connectivity index (χ1) is 7.83. The van der Waals surface area contributed by atoms with Crippen LogP contribution in [0, 0.1) is 11.3 Å². The number of nitrogens with two attached hydrogens (primary N) is 1. The van der Waals surface area contributed by atoms with Crippen LogP contribution in [0.5, 0.6) is 0 Å².